The molecule has 0 radical (unpaired) electrons. The Morgan fingerprint density at radius 1 is 0.913 bits per heavy atom. The fourth-order valence-electron chi connectivity index (χ4n) is 2.65. The van der Waals surface area contributed by atoms with Crippen molar-refractivity contribution in [3.05, 3.63) is 61.2 Å². The Morgan fingerprint density at radius 3 is 2.39 bits per heavy atom. The van der Waals surface area contributed by atoms with Crippen molar-refractivity contribution in [1.82, 2.24) is 19.2 Å². The Balaban J connectivity index is 1.46. The number of nitrogens with zero attached hydrogens (tertiary/aromatic N) is 4. The van der Waals surface area contributed by atoms with Gasteiger partial charge in [0.1, 0.15) is 6.33 Å². The minimum absolute atomic E-state index is 0.0639. The summed E-state index contributed by atoms with van der Waals surface area (Å²) >= 11 is 0. The van der Waals surface area contributed by atoms with Crippen LogP contribution in [0.2, 0.25) is 0 Å². The molecule has 114 valence electrons. The molecular weight excluding hydrogens is 290 g/mol. The van der Waals surface area contributed by atoms with Crippen molar-refractivity contribution in [2.75, 3.05) is 5.43 Å². The van der Waals surface area contributed by atoms with Crippen LogP contribution < -0.4 is 5.43 Å². The number of hydrogen-bond donors (Lipinski definition) is 1. The van der Waals surface area contributed by atoms with E-state index in [9.17, 15) is 4.79 Å². The van der Waals surface area contributed by atoms with Crippen molar-refractivity contribution in [2.45, 2.75) is 13.0 Å². The average molecular weight is 305 g/mol. The summed E-state index contributed by atoms with van der Waals surface area (Å²) in [6.07, 6.45) is 3.76. The van der Waals surface area contributed by atoms with Gasteiger partial charge in [-0.3, -0.25) is 10.2 Å². The summed E-state index contributed by atoms with van der Waals surface area (Å²) in [6, 6.07) is 15.6. The summed E-state index contributed by atoms with van der Waals surface area (Å²) in [7, 11) is 0. The van der Waals surface area contributed by atoms with Crippen molar-refractivity contribution < 1.29 is 4.79 Å². The molecule has 0 aliphatic heterocycles. The van der Waals surface area contributed by atoms with E-state index in [1.807, 2.05) is 53.1 Å². The third kappa shape index (κ3) is 2.55. The van der Waals surface area contributed by atoms with Gasteiger partial charge in [0, 0.05) is 13.0 Å². The molecule has 6 nitrogen and oxygen atoms in total. The number of nitrogens with one attached hydrogen (secondary N) is 1. The van der Waals surface area contributed by atoms with E-state index < -0.39 is 0 Å². The highest BCUT2D eigenvalue weighted by Gasteiger charge is 2.07. The highest BCUT2D eigenvalue weighted by atomic mass is 16.2. The maximum absolute atomic E-state index is 12.2. The number of hydrogen-bond acceptors (Lipinski definition) is 3. The van der Waals surface area contributed by atoms with E-state index in [0.717, 1.165) is 22.1 Å². The Kier molecular flexibility index (Phi) is 3.27. The van der Waals surface area contributed by atoms with Gasteiger partial charge < -0.3 is 4.57 Å². The molecule has 0 saturated carbocycles. The number of fused-ring (bicyclic) bond motifs is 2. The number of benzene rings is 2. The zero-order chi connectivity index (χ0) is 15.6. The number of aromatic nitrogens is 4. The van der Waals surface area contributed by atoms with Crippen LogP contribution >= 0.6 is 0 Å². The highest BCUT2D eigenvalue weighted by Crippen LogP contribution is 2.13. The Bertz CT molecular complexity index is 985. The summed E-state index contributed by atoms with van der Waals surface area (Å²) < 4.78 is 3.64. The van der Waals surface area contributed by atoms with Gasteiger partial charge in [0.2, 0.25) is 5.91 Å². The van der Waals surface area contributed by atoms with Crippen molar-refractivity contribution in [3.63, 3.8) is 0 Å². The molecule has 4 rings (SSSR count). The first-order chi connectivity index (χ1) is 11.3. The van der Waals surface area contributed by atoms with Gasteiger partial charge in [-0.1, -0.05) is 24.3 Å². The molecule has 2 aromatic carbocycles. The van der Waals surface area contributed by atoms with Crippen LogP contribution in [0.5, 0.6) is 0 Å². The van der Waals surface area contributed by atoms with Gasteiger partial charge in [-0.2, -0.15) is 0 Å². The molecule has 6 heteroatoms. The molecule has 23 heavy (non-hydrogen) atoms. The summed E-state index contributed by atoms with van der Waals surface area (Å²) in [5.74, 6) is -0.0639. The minimum atomic E-state index is -0.0639. The maximum Gasteiger partial charge on any atom is 0.240 e. The lowest BCUT2D eigenvalue weighted by Gasteiger charge is -2.08. The van der Waals surface area contributed by atoms with Crippen LogP contribution in [0.1, 0.15) is 6.42 Å². The largest absolute Gasteiger partial charge is 0.330 e. The van der Waals surface area contributed by atoms with Crippen molar-refractivity contribution >= 4 is 28.0 Å². The molecule has 0 fully saturated rings. The Morgan fingerprint density at radius 2 is 1.57 bits per heavy atom. The first-order valence-electron chi connectivity index (χ1n) is 7.43. The van der Waals surface area contributed by atoms with Crippen molar-refractivity contribution in [1.29, 1.82) is 0 Å². The lowest BCUT2D eigenvalue weighted by atomic mass is 10.3. The molecule has 1 amide bonds. The molecule has 0 spiro atoms. The van der Waals surface area contributed by atoms with Crippen molar-refractivity contribution in [3.8, 4) is 0 Å². The minimum Gasteiger partial charge on any atom is -0.330 e. The average Bonchev–Trinajstić information content (AvgIpc) is 3.18. The molecule has 0 saturated heterocycles. The van der Waals surface area contributed by atoms with E-state index in [2.05, 4.69) is 15.4 Å². The first kappa shape index (κ1) is 13.5. The van der Waals surface area contributed by atoms with Crippen LogP contribution in [-0.2, 0) is 11.3 Å². The van der Waals surface area contributed by atoms with Crippen LogP contribution in [0.4, 0.5) is 0 Å². The number of carbonyl (C=O) groups excluding carboxylic acids is 1. The smallest absolute Gasteiger partial charge is 0.240 e. The van der Waals surface area contributed by atoms with Crippen LogP contribution in [-0.4, -0.2) is 25.1 Å². The summed E-state index contributed by atoms with van der Waals surface area (Å²) in [6.45, 7) is 0.582. The van der Waals surface area contributed by atoms with Crippen molar-refractivity contribution in [2.24, 2.45) is 0 Å². The van der Waals surface area contributed by atoms with Crippen LogP contribution in [0, 0.1) is 0 Å². The van der Waals surface area contributed by atoms with Crippen LogP contribution in [0.25, 0.3) is 22.1 Å². The van der Waals surface area contributed by atoms with Crippen LogP contribution in [0.3, 0.4) is 0 Å². The van der Waals surface area contributed by atoms with Gasteiger partial charge in [0.05, 0.1) is 28.4 Å². The second-order valence-corrected chi connectivity index (χ2v) is 5.31. The monoisotopic (exact) mass is 305 g/mol. The molecule has 0 aliphatic carbocycles. The van der Waals surface area contributed by atoms with E-state index in [4.69, 9.17) is 0 Å². The lowest BCUT2D eigenvalue weighted by Crippen LogP contribution is -2.23. The van der Waals surface area contributed by atoms with Gasteiger partial charge in [-0.15, -0.1) is 0 Å². The quantitative estimate of drug-likeness (QED) is 0.630. The van der Waals surface area contributed by atoms with Gasteiger partial charge in [0.15, 0.2) is 0 Å². The molecule has 4 aromatic rings. The predicted octanol–water partition coefficient (Wildman–Crippen LogP) is 2.55. The number of aryl methyl sites for hydroxylation is 1. The van der Waals surface area contributed by atoms with E-state index in [-0.39, 0.29) is 5.91 Å². The van der Waals surface area contributed by atoms with Gasteiger partial charge in [0.25, 0.3) is 0 Å². The fraction of sp³-hybridized carbons (Fsp3) is 0.118. The second-order valence-electron chi connectivity index (χ2n) is 5.31. The van der Waals surface area contributed by atoms with Crippen LogP contribution in [0.15, 0.2) is 61.2 Å². The van der Waals surface area contributed by atoms with E-state index in [1.165, 1.54) is 0 Å². The van der Waals surface area contributed by atoms with E-state index >= 15 is 0 Å². The Labute approximate surface area is 132 Å². The maximum atomic E-state index is 12.2. The zero-order valence-electron chi connectivity index (χ0n) is 12.4. The molecule has 2 aromatic heterocycles. The molecule has 0 unspecified atom stereocenters. The molecule has 1 N–H and O–H groups in total. The predicted molar refractivity (Wildman–Crippen MR) is 88.5 cm³/mol. The van der Waals surface area contributed by atoms with Gasteiger partial charge in [-0.25, -0.2) is 14.6 Å². The third-order valence-corrected chi connectivity index (χ3v) is 3.81. The van der Waals surface area contributed by atoms with E-state index in [1.54, 1.807) is 17.3 Å². The standard InChI is InChI=1S/C17H15N5O/c23-17(20-22-12-19-14-6-2-4-8-16(14)22)9-10-21-11-18-13-5-1-3-7-15(13)21/h1-8,11-12H,9-10H2,(H,20,23). The topological polar surface area (TPSA) is 64.7 Å². The Hall–Kier alpha value is -3.15. The molecule has 0 atom stereocenters. The highest BCUT2D eigenvalue weighted by molar-refractivity contribution is 5.86. The van der Waals surface area contributed by atoms with Gasteiger partial charge >= 0.3 is 0 Å². The number of rotatable bonds is 4. The number of para-hydroxylation sites is 4. The third-order valence-electron chi connectivity index (χ3n) is 3.81. The SMILES string of the molecule is O=C(CCn1cnc2ccccc21)Nn1cnc2ccccc21. The summed E-state index contributed by atoms with van der Waals surface area (Å²) in [4.78, 5) is 20.8. The molecule has 0 aliphatic rings. The van der Waals surface area contributed by atoms with Gasteiger partial charge in [-0.05, 0) is 24.3 Å². The second kappa shape index (κ2) is 5.57. The first-order valence-corrected chi connectivity index (χ1v) is 7.43. The normalized spacial score (nSPS) is 11.1. The number of amides is 1. The molecule has 0 bridgehead atoms. The number of imidazole rings is 2. The summed E-state index contributed by atoms with van der Waals surface area (Å²) in [5.41, 5.74) is 6.57. The number of carbonyl (C=O) groups is 1. The lowest BCUT2D eigenvalue weighted by molar-refractivity contribution is -0.117. The molecule has 2 heterocycles. The zero-order valence-corrected chi connectivity index (χ0v) is 12.4. The van der Waals surface area contributed by atoms with E-state index in [0.29, 0.717) is 13.0 Å². The fourth-order valence-corrected chi connectivity index (χ4v) is 2.65. The summed E-state index contributed by atoms with van der Waals surface area (Å²) in [5, 5.41) is 0. The molecular formula is C17H15N5O.